The first kappa shape index (κ1) is 14.2. The lowest BCUT2D eigenvalue weighted by Gasteiger charge is -2.21. The number of thioether (sulfide) groups is 1. The molecule has 1 aromatic rings. The van der Waals surface area contributed by atoms with Crippen LogP contribution in [0.3, 0.4) is 0 Å². The third-order valence-corrected chi connectivity index (χ3v) is 4.25. The highest BCUT2D eigenvalue weighted by Gasteiger charge is 2.55. The molecule has 0 fully saturated rings. The van der Waals surface area contributed by atoms with Gasteiger partial charge in [-0.1, -0.05) is 0 Å². The van der Waals surface area contributed by atoms with Gasteiger partial charge in [0.25, 0.3) is 0 Å². The van der Waals surface area contributed by atoms with Crippen molar-refractivity contribution >= 4 is 43.6 Å². The van der Waals surface area contributed by atoms with Crippen LogP contribution < -0.4 is 0 Å². The van der Waals surface area contributed by atoms with Gasteiger partial charge in [-0.05, 0) is 61.8 Å². The lowest BCUT2D eigenvalue weighted by atomic mass is 10.3. The molecule has 1 aromatic carbocycles. The van der Waals surface area contributed by atoms with E-state index in [9.17, 15) is 22.0 Å². The highest BCUT2D eigenvalue weighted by molar-refractivity contribution is 9.10. The Kier molecular flexibility index (Phi) is 4.29. The van der Waals surface area contributed by atoms with E-state index >= 15 is 0 Å². The zero-order valence-corrected chi connectivity index (χ0v) is 11.3. The fourth-order valence-electron chi connectivity index (χ4n) is 0.751. The van der Waals surface area contributed by atoms with Crippen LogP contribution in [-0.2, 0) is 0 Å². The van der Waals surface area contributed by atoms with E-state index in [1.165, 1.54) is 6.07 Å². The summed E-state index contributed by atoms with van der Waals surface area (Å²) in [7, 11) is 0. The van der Waals surface area contributed by atoms with E-state index in [2.05, 4.69) is 15.9 Å². The Morgan fingerprint density at radius 3 is 2.19 bits per heavy atom. The molecule has 0 amide bonds. The molecular weight excluding hydrogens is 383 g/mol. The number of hydrogen-bond donors (Lipinski definition) is 0. The molecule has 0 saturated carbocycles. The lowest BCUT2D eigenvalue weighted by molar-refractivity contribution is -0.0779. The van der Waals surface area contributed by atoms with Gasteiger partial charge in [0.2, 0.25) is 0 Å². The summed E-state index contributed by atoms with van der Waals surface area (Å²) in [5.41, 5.74) is 0. The molecule has 0 radical (unpaired) electrons. The second-order valence-electron chi connectivity index (χ2n) is 2.69. The van der Waals surface area contributed by atoms with Crippen molar-refractivity contribution < 1.29 is 22.0 Å². The maximum atomic E-state index is 13.0. The Bertz CT molecular complexity index is 391. The summed E-state index contributed by atoms with van der Waals surface area (Å²) < 4.78 is 63.7. The molecule has 16 heavy (non-hydrogen) atoms. The summed E-state index contributed by atoms with van der Waals surface area (Å²) in [5, 5.41) is -4.37. The van der Waals surface area contributed by atoms with Crippen LogP contribution in [0.1, 0.15) is 0 Å². The van der Waals surface area contributed by atoms with Crippen LogP contribution >= 0.6 is 43.6 Å². The van der Waals surface area contributed by atoms with Crippen molar-refractivity contribution in [1.82, 2.24) is 0 Å². The monoisotopic (exact) mass is 384 g/mol. The van der Waals surface area contributed by atoms with Crippen LogP contribution in [0.25, 0.3) is 0 Å². The Hall–Kier alpha value is 0.180. The number of hydrogen-bond acceptors (Lipinski definition) is 1. The first-order valence-corrected chi connectivity index (χ1v) is 6.12. The molecule has 0 spiro atoms. The molecular formula is C8H3Br2F5S. The van der Waals surface area contributed by atoms with Gasteiger partial charge in [0.1, 0.15) is 5.82 Å². The maximum Gasteiger partial charge on any atom is 0.373 e. The van der Waals surface area contributed by atoms with Crippen LogP contribution in [0.2, 0.25) is 0 Å². The molecule has 0 aliphatic rings. The van der Waals surface area contributed by atoms with Crippen molar-refractivity contribution in [2.75, 3.05) is 0 Å². The number of halogens is 7. The van der Waals surface area contributed by atoms with E-state index < -0.39 is 27.7 Å². The number of benzene rings is 1. The third-order valence-electron chi connectivity index (χ3n) is 1.46. The first-order valence-electron chi connectivity index (χ1n) is 3.72. The first-order chi connectivity index (χ1) is 7.13. The van der Waals surface area contributed by atoms with Gasteiger partial charge < -0.3 is 0 Å². The fourth-order valence-corrected chi connectivity index (χ4v) is 2.21. The third kappa shape index (κ3) is 3.33. The largest absolute Gasteiger partial charge is 0.373 e. The summed E-state index contributed by atoms with van der Waals surface area (Å²) in [6.45, 7) is 0. The van der Waals surface area contributed by atoms with Gasteiger partial charge in [-0.2, -0.15) is 17.6 Å². The lowest BCUT2D eigenvalue weighted by Crippen LogP contribution is -2.31. The average molecular weight is 386 g/mol. The predicted molar refractivity (Wildman–Crippen MR) is 58.8 cm³/mol. The van der Waals surface area contributed by atoms with Gasteiger partial charge >= 0.3 is 10.1 Å². The second-order valence-corrected chi connectivity index (χ2v) is 5.70. The Morgan fingerprint density at radius 2 is 1.69 bits per heavy atom. The average Bonchev–Trinajstić information content (AvgIpc) is 2.09. The van der Waals surface area contributed by atoms with Crippen molar-refractivity contribution in [1.29, 1.82) is 0 Å². The van der Waals surface area contributed by atoms with Crippen molar-refractivity contribution in [2.24, 2.45) is 0 Å². The quantitative estimate of drug-likeness (QED) is 0.388. The molecule has 1 rings (SSSR count). The summed E-state index contributed by atoms with van der Waals surface area (Å²) in [6, 6.07) is 2.94. The second kappa shape index (κ2) is 4.81. The molecule has 0 aliphatic carbocycles. The predicted octanol–water partition coefficient (Wildman–Crippen LogP) is 5.26. The van der Waals surface area contributed by atoms with Gasteiger partial charge in [0.05, 0.1) is 0 Å². The summed E-state index contributed by atoms with van der Waals surface area (Å²) in [4.78, 5) is -4.67. The van der Waals surface area contributed by atoms with Crippen molar-refractivity contribution in [3.63, 3.8) is 0 Å². The van der Waals surface area contributed by atoms with Gasteiger partial charge in [0, 0.05) is 9.37 Å². The van der Waals surface area contributed by atoms with Crippen LogP contribution in [0, 0.1) is 5.82 Å². The summed E-state index contributed by atoms with van der Waals surface area (Å²) in [6.07, 6.45) is 0. The Balaban J connectivity index is 3.01. The minimum atomic E-state index is -4.37. The maximum absolute atomic E-state index is 13.0. The standard InChI is InChI=1S/C8H3Br2F5S/c9-5-2-1-4(11)3-6(5)16-8(14,15)7(10,12)13/h1-3H. The fraction of sp³-hybridized carbons (Fsp3) is 0.250. The van der Waals surface area contributed by atoms with E-state index in [1.54, 1.807) is 15.9 Å². The number of rotatable bonds is 3. The molecule has 0 atom stereocenters. The highest BCUT2D eigenvalue weighted by Crippen LogP contribution is 2.51. The van der Waals surface area contributed by atoms with E-state index in [-0.39, 0.29) is 9.37 Å². The minimum Gasteiger partial charge on any atom is -0.207 e. The zero-order chi connectivity index (χ0) is 12.6. The molecule has 0 saturated heterocycles. The Labute approximate surface area is 109 Å². The minimum absolute atomic E-state index is 0.121. The van der Waals surface area contributed by atoms with Crippen LogP contribution in [-0.4, -0.2) is 10.1 Å². The van der Waals surface area contributed by atoms with E-state index in [0.717, 1.165) is 12.1 Å². The van der Waals surface area contributed by atoms with Crippen molar-refractivity contribution in [2.45, 2.75) is 15.0 Å². The van der Waals surface area contributed by atoms with Crippen LogP contribution in [0.4, 0.5) is 22.0 Å². The highest BCUT2D eigenvalue weighted by atomic mass is 79.9. The molecule has 0 N–H and O–H groups in total. The molecule has 0 aromatic heterocycles. The molecule has 0 unspecified atom stereocenters. The zero-order valence-electron chi connectivity index (χ0n) is 7.29. The number of alkyl halides is 5. The SMILES string of the molecule is Fc1ccc(Br)c(SC(F)(F)C(F)(F)Br)c1. The normalized spacial score (nSPS) is 12.9. The van der Waals surface area contributed by atoms with E-state index in [4.69, 9.17) is 0 Å². The smallest absolute Gasteiger partial charge is 0.207 e. The molecule has 0 heterocycles. The van der Waals surface area contributed by atoms with E-state index in [1.807, 2.05) is 0 Å². The summed E-state index contributed by atoms with van der Waals surface area (Å²) >= 11 is 4.03. The Morgan fingerprint density at radius 1 is 1.12 bits per heavy atom. The molecule has 8 heteroatoms. The van der Waals surface area contributed by atoms with Gasteiger partial charge in [0.15, 0.2) is 0 Å². The van der Waals surface area contributed by atoms with Crippen LogP contribution in [0.15, 0.2) is 27.6 Å². The molecule has 0 nitrogen and oxygen atoms in total. The van der Waals surface area contributed by atoms with Crippen molar-refractivity contribution in [3.05, 3.63) is 28.5 Å². The van der Waals surface area contributed by atoms with Crippen molar-refractivity contribution in [3.8, 4) is 0 Å². The molecule has 0 aliphatic heterocycles. The summed E-state index contributed by atoms with van der Waals surface area (Å²) in [5.74, 6) is -0.778. The van der Waals surface area contributed by atoms with Gasteiger partial charge in [-0.3, -0.25) is 0 Å². The van der Waals surface area contributed by atoms with Crippen LogP contribution in [0.5, 0.6) is 0 Å². The van der Waals surface area contributed by atoms with E-state index in [0.29, 0.717) is 0 Å². The van der Waals surface area contributed by atoms with Gasteiger partial charge in [-0.15, -0.1) is 0 Å². The molecule has 0 bridgehead atoms. The molecule has 90 valence electrons. The van der Waals surface area contributed by atoms with Gasteiger partial charge in [-0.25, -0.2) is 4.39 Å². The topological polar surface area (TPSA) is 0 Å².